The predicted octanol–water partition coefficient (Wildman–Crippen LogP) is 1.71. The number of rotatable bonds is 4. The summed E-state index contributed by atoms with van der Waals surface area (Å²) in [6, 6.07) is 3.71. The summed E-state index contributed by atoms with van der Waals surface area (Å²) in [6.45, 7) is 3.30. The van der Waals surface area contributed by atoms with Crippen molar-refractivity contribution in [3.63, 3.8) is 0 Å². The molecule has 0 aliphatic carbocycles. The molecular weight excluding hydrogens is 218 g/mol. The Morgan fingerprint density at radius 2 is 2.29 bits per heavy atom. The smallest absolute Gasteiger partial charge is 0.162 e. The Balaban J connectivity index is 2.37. The number of aromatic hydroxyl groups is 1. The van der Waals surface area contributed by atoms with Crippen LogP contribution in [0.15, 0.2) is 12.1 Å². The molecule has 0 unspecified atom stereocenters. The molecule has 0 saturated carbocycles. The lowest BCUT2D eigenvalue weighted by Crippen LogP contribution is -2.13. The molecule has 1 aromatic rings. The lowest BCUT2D eigenvalue weighted by molar-refractivity contribution is 0.277. The standard InChI is InChI=1S/C13H19NO3/c1-2-17-12-7-9(8-15)6-10(13(12)16)11-4-3-5-14-11/h6-7,11,14-16H,2-5,8H2,1H3/t11-/m0/s1. The summed E-state index contributed by atoms with van der Waals surface area (Å²) in [5.41, 5.74) is 1.60. The fourth-order valence-corrected chi connectivity index (χ4v) is 2.26. The third kappa shape index (κ3) is 2.53. The molecule has 0 bridgehead atoms. The minimum atomic E-state index is -0.0416. The van der Waals surface area contributed by atoms with E-state index in [1.807, 2.05) is 13.0 Å². The molecule has 94 valence electrons. The maximum absolute atomic E-state index is 10.2. The Hall–Kier alpha value is -1.26. The highest BCUT2D eigenvalue weighted by molar-refractivity contribution is 5.50. The van der Waals surface area contributed by atoms with Gasteiger partial charge in [-0.3, -0.25) is 0 Å². The quantitative estimate of drug-likeness (QED) is 0.746. The maximum atomic E-state index is 10.2. The van der Waals surface area contributed by atoms with E-state index in [0.29, 0.717) is 12.4 Å². The van der Waals surface area contributed by atoms with Crippen LogP contribution in [0.1, 0.15) is 36.9 Å². The van der Waals surface area contributed by atoms with Crippen LogP contribution in [0.5, 0.6) is 11.5 Å². The number of nitrogens with one attached hydrogen (secondary N) is 1. The van der Waals surface area contributed by atoms with Crippen molar-refractivity contribution >= 4 is 0 Å². The lowest BCUT2D eigenvalue weighted by atomic mass is 10.0. The summed E-state index contributed by atoms with van der Waals surface area (Å²) in [4.78, 5) is 0. The molecule has 2 rings (SSSR count). The normalized spacial score (nSPS) is 19.5. The van der Waals surface area contributed by atoms with Crippen molar-refractivity contribution in [2.75, 3.05) is 13.2 Å². The van der Waals surface area contributed by atoms with Crippen LogP contribution in [-0.4, -0.2) is 23.4 Å². The third-order valence-electron chi connectivity index (χ3n) is 3.08. The summed E-state index contributed by atoms with van der Waals surface area (Å²) >= 11 is 0. The van der Waals surface area contributed by atoms with Crippen LogP contribution < -0.4 is 10.1 Å². The zero-order valence-corrected chi connectivity index (χ0v) is 10.1. The van der Waals surface area contributed by atoms with E-state index in [1.165, 1.54) is 0 Å². The van der Waals surface area contributed by atoms with Crippen LogP contribution in [0.4, 0.5) is 0 Å². The van der Waals surface area contributed by atoms with Crippen molar-refractivity contribution in [3.8, 4) is 11.5 Å². The first kappa shape index (κ1) is 12.2. The SMILES string of the molecule is CCOc1cc(CO)cc([C@@H]2CCCN2)c1O. The number of aliphatic hydroxyl groups is 1. The second kappa shape index (κ2) is 5.38. The van der Waals surface area contributed by atoms with Gasteiger partial charge in [-0.1, -0.05) is 0 Å². The first-order valence-corrected chi connectivity index (χ1v) is 6.09. The Kier molecular flexibility index (Phi) is 3.86. The van der Waals surface area contributed by atoms with Gasteiger partial charge in [-0.05, 0) is 44.0 Å². The fourth-order valence-electron chi connectivity index (χ4n) is 2.26. The highest BCUT2D eigenvalue weighted by Gasteiger charge is 2.22. The van der Waals surface area contributed by atoms with Gasteiger partial charge in [0.1, 0.15) is 0 Å². The molecule has 0 amide bonds. The van der Waals surface area contributed by atoms with Gasteiger partial charge >= 0.3 is 0 Å². The van der Waals surface area contributed by atoms with Gasteiger partial charge in [-0.15, -0.1) is 0 Å². The van der Waals surface area contributed by atoms with E-state index < -0.39 is 0 Å². The zero-order chi connectivity index (χ0) is 12.3. The van der Waals surface area contributed by atoms with E-state index in [-0.39, 0.29) is 18.4 Å². The third-order valence-corrected chi connectivity index (χ3v) is 3.08. The Labute approximate surface area is 101 Å². The Bertz CT molecular complexity index is 386. The van der Waals surface area contributed by atoms with Gasteiger partial charge in [0.15, 0.2) is 11.5 Å². The van der Waals surface area contributed by atoms with Crippen LogP contribution in [0.25, 0.3) is 0 Å². The maximum Gasteiger partial charge on any atom is 0.162 e. The first-order valence-electron chi connectivity index (χ1n) is 6.09. The molecule has 1 saturated heterocycles. The molecule has 0 spiro atoms. The summed E-state index contributed by atoms with van der Waals surface area (Å²) < 4.78 is 5.39. The molecular formula is C13H19NO3. The van der Waals surface area contributed by atoms with E-state index in [0.717, 1.165) is 30.5 Å². The van der Waals surface area contributed by atoms with Gasteiger partial charge in [-0.25, -0.2) is 0 Å². The molecule has 1 aliphatic rings. The monoisotopic (exact) mass is 237 g/mol. The summed E-state index contributed by atoms with van der Waals surface area (Å²) in [7, 11) is 0. The molecule has 0 radical (unpaired) electrons. The highest BCUT2D eigenvalue weighted by Crippen LogP contribution is 2.38. The van der Waals surface area contributed by atoms with Crippen LogP contribution in [0.2, 0.25) is 0 Å². The van der Waals surface area contributed by atoms with Gasteiger partial charge in [0.05, 0.1) is 13.2 Å². The number of aliphatic hydroxyl groups excluding tert-OH is 1. The fraction of sp³-hybridized carbons (Fsp3) is 0.538. The number of ether oxygens (including phenoxy) is 1. The van der Waals surface area contributed by atoms with Gasteiger partial charge in [0.25, 0.3) is 0 Å². The zero-order valence-electron chi connectivity index (χ0n) is 10.1. The van der Waals surface area contributed by atoms with E-state index in [2.05, 4.69) is 5.32 Å². The number of phenolic OH excluding ortho intramolecular Hbond substituents is 1. The second-order valence-corrected chi connectivity index (χ2v) is 4.27. The average Bonchev–Trinajstić information content (AvgIpc) is 2.85. The van der Waals surface area contributed by atoms with Crippen molar-refractivity contribution < 1.29 is 14.9 Å². The first-order chi connectivity index (χ1) is 8.26. The summed E-state index contributed by atoms with van der Waals surface area (Å²) in [5.74, 6) is 0.659. The number of hydrogen-bond donors (Lipinski definition) is 3. The molecule has 1 heterocycles. The molecule has 1 aromatic carbocycles. The van der Waals surface area contributed by atoms with Crippen molar-refractivity contribution in [3.05, 3.63) is 23.3 Å². The number of hydrogen-bond acceptors (Lipinski definition) is 4. The largest absolute Gasteiger partial charge is 0.504 e. The van der Waals surface area contributed by atoms with Gasteiger partial charge in [-0.2, -0.15) is 0 Å². The van der Waals surface area contributed by atoms with Crippen LogP contribution in [0.3, 0.4) is 0 Å². The van der Waals surface area contributed by atoms with Crippen LogP contribution in [-0.2, 0) is 6.61 Å². The van der Waals surface area contributed by atoms with Crippen molar-refractivity contribution in [2.24, 2.45) is 0 Å². The lowest BCUT2D eigenvalue weighted by Gasteiger charge is -2.17. The number of benzene rings is 1. The van der Waals surface area contributed by atoms with E-state index in [9.17, 15) is 10.2 Å². The number of phenols is 1. The van der Waals surface area contributed by atoms with Crippen molar-refractivity contribution in [2.45, 2.75) is 32.4 Å². The van der Waals surface area contributed by atoms with Gasteiger partial charge < -0.3 is 20.3 Å². The molecule has 4 heteroatoms. The molecule has 0 aromatic heterocycles. The van der Waals surface area contributed by atoms with E-state index in [1.54, 1.807) is 6.07 Å². The van der Waals surface area contributed by atoms with Gasteiger partial charge in [0, 0.05) is 11.6 Å². The van der Waals surface area contributed by atoms with E-state index >= 15 is 0 Å². The van der Waals surface area contributed by atoms with Crippen molar-refractivity contribution in [1.82, 2.24) is 5.32 Å². The van der Waals surface area contributed by atoms with Crippen LogP contribution in [0, 0.1) is 0 Å². The Morgan fingerprint density at radius 1 is 1.47 bits per heavy atom. The molecule has 1 aliphatic heterocycles. The minimum Gasteiger partial charge on any atom is -0.504 e. The van der Waals surface area contributed by atoms with Crippen LogP contribution >= 0.6 is 0 Å². The van der Waals surface area contributed by atoms with E-state index in [4.69, 9.17) is 4.74 Å². The predicted molar refractivity (Wildman–Crippen MR) is 65.2 cm³/mol. The molecule has 3 N–H and O–H groups in total. The average molecular weight is 237 g/mol. The summed E-state index contributed by atoms with van der Waals surface area (Å²) in [6.07, 6.45) is 2.12. The highest BCUT2D eigenvalue weighted by atomic mass is 16.5. The summed E-state index contributed by atoms with van der Waals surface area (Å²) in [5, 5.41) is 22.7. The molecule has 4 nitrogen and oxygen atoms in total. The van der Waals surface area contributed by atoms with Crippen molar-refractivity contribution in [1.29, 1.82) is 0 Å². The topological polar surface area (TPSA) is 61.7 Å². The molecule has 17 heavy (non-hydrogen) atoms. The molecule has 1 fully saturated rings. The van der Waals surface area contributed by atoms with Gasteiger partial charge in [0.2, 0.25) is 0 Å². The Morgan fingerprint density at radius 3 is 2.88 bits per heavy atom. The second-order valence-electron chi connectivity index (χ2n) is 4.27. The minimum absolute atomic E-state index is 0.0416. The molecule has 1 atom stereocenters.